The highest BCUT2D eigenvalue weighted by molar-refractivity contribution is 6.38. The van der Waals surface area contributed by atoms with Gasteiger partial charge in [-0.1, -0.05) is 41.4 Å². The van der Waals surface area contributed by atoms with E-state index in [0.29, 0.717) is 11.6 Å². The molecular weight excluding hydrogens is 340 g/mol. The lowest BCUT2D eigenvalue weighted by Gasteiger charge is -2.12. The van der Waals surface area contributed by atoms with Gasteiger partial charge in [0.15, 0.2) is 6.61 Å². The first-order valence-corrected chi connectivity index (χ1v) is 8.91. The lowest BCUT2D eigenvalue weighted by molar-refractivity contribution is -0.124. The predicted molar refractivity (Wildman–Crippen MR) is 97.8 cm³/mol. The Morgan fingerprint density at radius 3 is 2.84 bits per heavy atom. The summed E-state index contributed by atoms with van der Waals surface area (Å²) in [7, 11) is 0. The van der Waals surface area contributed by atoms with E-state index in [9.17, 15) is 9.59 Å². The summed E-state index contributed by atoms with van der Waals surface area (Å²) in [4.78, 5) is 26.9. The molecule has 0 radical (unpaired) electrons. The molecule has 1 aliphatic rings. The van der Waals surface area contributed by atoms with Crippen LogP contribution < -0.4 is 5.32 Å². The van der Waals surface area contributed by atoms with Crippen LogP contribution >= 0.6 is 11.6 Å². The number of benzene rings is 1. The van der Waals surface area contributed by atoms with Crippen molar-refractivity contribution in [3.8, 4) is 0 Å². The quantitative estimate of drug-likeness (QED) is 0.604. The number of ether oxygens (including phenoxy) is 1. The maximum Gasteiger partial charge on any atom is 0.356 e. The Labute approximate surface area is 151 Å². The first kappa shape index (κ1) is 17.5. The fraction of sp³-hybridized carbons (Fsp3) is 0.368. The smallest absolute Gasteiger partial charge is 0.356 e. The number of rotatable bonds is 6. The van der Waals surface area contributed by atoms with Crippen molar-refractivity contribution in [1.29, 1.82) is 0 Å². The van der Waals surface area contributed by atoms with Crippen LogP contribution in [0.25, 0.3) is 10.9 Å². The molecular formula is C19H21ClN2O3. The van der Waals surface area contributed by atoms with Crippen molar-refractivity contribution >= 4 is 34.4 Å². The fourth-order valence-electron chi connectivity index (χ4n) is 3.00. The normalized spacial score (nSPS) is 14.2. The SMILES string of the molecule is O=C(COC(=O)c1[nH]c2ccccc2c1Cl)NCCC1=CCCCC1. The average Bonchev–Trinajstić information content (AvgIpc) is 2.98. The van der Waals surface area contributed by atoms with Crippen LogP contribution in [-0.2, 0) is 9.53 Å². The molecule has 2 N–H and O–H groups in total. The zero-order valence-corrected chi connectivity index (χ0v) is 14.7. The van der Waals surface area contributed by atoms with Gasteiger partial charge in [-0.15, -0.1) is 0 Å². The third-order valence-corrected chi connectivity index (χ3v) is 4.73. The Bertz CT molecular complexity index is 810. The molecule has 0 fully saturated rings. The van der Waals surface area contributed by atoms with Gasteiger partial charge >= 0.3 is 5.97 Å². The third-order valence-electron chi connectivity index (χ3n) is 4.33. The van der Waals surface area contributed by atoms with Crippen LogP contribution in [0.4, 0.5) is 0 Å². The highest BCUT2D eigenvalue weighted by atomic mass is 35.5. The number of para-hydroxylation sites is 1. The molecule has 1 aliphatic carbocycles. The summed E-state index contributed by atoms with van der Waals surface area (Å²) in [6, 6.07) is 7.33. The number of esters is 1. The number of fused-ring (bicyclic) bond motifs is 1. The molecule has 25 heavy (non-hydrogen) atoms. The van der Waals surface area contributed by atoms with E-state index in [1.807, 2.05) is 24.3 Å². The van der Waals surface area contributed by atoms with Gasteiger partial charge in [0.05, 0.1) is 5.02 Å². The predicted octanol–water partition coefficient (Wildman–Crippen LogP) is 3.98. The molecule has 2 aromatic rings. The van der Waals surface area contributed by atoms with E-state index in [0.717, 1.165) is 30.2 Å². The number of allylic oxidation sites excluding steroid dienone is 1. The second kappa shape index (κ2) is 8.21. The van der Waals surface area contributed by atoms with Gasteiger partial charge < -0.3 is 15.0 Å². The van der Waals surface area contributed by atoms with Crippen molar-refractivity contribution < 1.29 is 14.3 Å². The Morgan fingerprint density at radius 2 is 2.08 bits per heavy atom. The Hall–Kier alpha value is -2.27. The van der Waals surface area contributed by atoms with Crippen LogP contribution in [0, 0.1) is 0 Å². The fourth-order valence-corrected chi connectivity index (χ4v) is 3.29. The number of hydrogen-bond acceptors (Lipinski definition) is 3. The zero-order valence-electron chi connectivity index (χ0n) is 13.9. The molecule has 0 bridgehead atoms. The van der Waals surface area contributed by atoms with E-state index in [4.69, 9.17) is 16.3 Å². The van der Waals surface area contributed by atoms with E-state index in [1.165, 1.54) is 18.4 Å². The standard InChI is InChI=1S/C19H21ClN2O3/c20-17-14-8-4-5-9-15(14)22-18(17)19(24)25-12-16(23)21-11-10-13-6-2-1-3-7-13/h4-6,8-9,22H,1-3,7,10-12H2,(H,21,23). The highest BCUT2D eigenvalue weighted by Gasteiger charge is 2.18. The van der Waals surface area contributed by atoms with Gasteiger partial charge in [0.25, 0.3) is 5.91 Å². The summed E-state index contributed by atoms with van der Waals surface area (Å²) in [5.74, 6) is -0.941. The van der Waals surface area contributed by atoms with Gasteiger partial charge in [0.1, 0.15) is 5.69 Å². The van der Waals surface area contributed by atoms with Gasteiger partial charge in [-0.05, 0) is 38.2 Å². The van der Waals surface area contributed by atoms with Crippen molar-refractivity contribution in [2.45, 2.75) is 32.1 Å². The molecule has 3 rings (SSSR count). The Balaban J connectivity index is 1.47. The molecule has 0 aliphatic heterocycles. The second-order valence-electron chi connectivity index (χ2n) is 6.14. The van der Waals surface area contributed by atoms with E-state index in [1.54, 1.807) is 0 Å². The van der Waals surface area contributed by atoms with E-state index < -0.39 is 5.97 Å². The summed E-state index contributed by atoms with van der Waals surface area (Å²) < 4.78 is 5.06. The third kappa shape index (κ3) is 4.42. The second-order valence-corrected chi connectivity index (χ2v) is 6.52. The molecule has 0 unspecified atom stereocenters. The molecule has 1 aromatic heterocycles. The summed E-state index contributed by atoms with van der Waals surface area (Å²) in [5, 5.41) is 3.84. The minimum absolute atomic E-state index is 0.169. The molecule has 5 nitrogen and oxygen atoms in total. The van der Waals surface area contributed by atoms with Crippen LogP contribution in [0.2, 0.25) is 5.02 Å². The van der Waals surface area contributed by atoms with Crippen molar-refractivity contribution in [3.63, 3.8) is 0 Å². The molecule has 132 valence electrons. The Morgan fingerprint density at radius 1 is 1.24 bits per heavy atom. The average molecular weight is 361 g/mol. The molecule has 1 heterocycles. The number of aromatic nitrogens is 1. The highest BCUT2D eigenvalue weighted by Crippen LogP contribution is 2.27. The molecule has 1 amide bonds. The first-order valence-electron chi connectivity index (χ1n) is 8.53. The number of halogens is 1. The molecule has 6 heteroatoms. The number of nitrogens with one attached hydrogen (secondary N) is 2. The van der Waals surface area contributed by atoms with Crippen molar-refractivity contribution in [2.24, 2.45) is 0 Å². The number of carbonyl (C=O) groups is 2. The topological polar surface area (TPSA) is 71.2 Å². The van der Waals surface area contributed by atoms with E-state index in [2.05, 4.69) is 16.4 Å². The zero-order chi connectivity index (χ0) is 17.6. The van der Waals surface area contributed by atoms with Crippen LogP contribution in [0.15, 0.2) is 35.9 Å². The number of hydrogen-bond donors (Lipinski definition) is 2. The van der Waals surface area contributed by atoms with Crippen LogP contribution in [0.5, 0.6) is 0 Å². The van der Waals surface area contributed by atoms with Gasteiger partial charge in [-0.3, -0.25) is 4.79 Å². The minimum atomic E-state index is -0.633. The van der Waals surface area contributed by atoms with Crippen molar-refractivity contribution in [1.82, 2.24) is 10.3 Å². The van der Waals surface area contributed by atoms with Crippen LogP contribution in [0.1, 0.15) is 42.6 Å². The monoisotopic (exact) mass is 360 g/mol. The molecule has 0 saturated carbocycles. The minimum Gasteiger partial charge on any atom is -0.451 e. The first-order chi connectivity index (χ1) is 12.1. The molecule has 0 atom stereocenters. The van der Waals surface area contributed by atoms with Crippen molar-refractivity contribution in [2.75, 3.05) is 13.2 Å². The van der Waals surface area contributed by atoms with Gasteiger partial charge in [-0.2, -0.15) is 0 Å². The summed E-state index contributed by atoms with van der Waals surface area (Å²) in [6.07, 6.45) is 7.84. The summed E-state index contributed by atoms with van der Waals surface area (Å²) in [5.41, 5.74) is 2.32. The van der Waals surface area contributed by atoms with Gasteiger partial charge in [0.2, 0.25) is 0 Å². The summed E-state index contributed by atoms with van der Waals surface area (Å²) in [6.45, 7) is 0.249. The lowest BCUT2D eigenvalue weighted by atomic mass is 9.97. The maximum absolute atomic E-state index is 12.1. The number of carbonyl (C=O) groups excluding carboxylic acids is 2. The Kier molecular flexibility index (Phi) is 5.76. The molecule has 0 spiro atoms. The van der Waals surface area contributed by atoms with E-state index >= 15 is 0 Å². The molecule has 1 aromatic carbocycles. The van der Waals surface area contributed by atoms with E-state index in [-0.39, 0.29) is 18.2 Å². The molecule has 0 saturated heterocycles. The number of amides is 1. The van der Waals surface area contributed by atoms with Gasteiger partial charge in [0, 0.05) is 17.4 Å². The lowest BCUT2D eigenvalue weighted by Crippen LogP contribution is -2.30. The van der Waals surface area contributed by atoms with Crippen molar-refractivity contribution in [3.05, 3.63) is 46.6 Å². The maximum atomic E-state index is 12.1. The largest absolute Gasteiger partial charge is 0.451 e. The number of H-pyrrole nitrogens is 1. The van der Waals surface area contributed by atoms with Crippen LogP contribution in [-0.4, -0.2) is 30.0 Å². The summed E-state index contributed by atoms with van der Waals surface area (Å²) >= 11 is 6.20. The van der Waals surface area contributed by atoms with Crippen LogP contribution in [0.3, 0.4) is 0 Å². The number of aromatic amines is 1. The van der Waals surface area contributed by atoms with Gasteiger partial charge in [-0.25, -0.2) is 4.79 Å².